The predicted octanol–water partition coefficient (Wildman–Crippen LogP) is 2.79. The molecular weight excluding hydrogens is 270 g/mol. The van der Waals surface area contributed by atoms with E-state index in [0.29, 0.717) is 5.75 Å². The van der Waals surface area contributed by atoms with Gasteiger partial charge in [0.25, 0.3) is 0 Å². The van der Waals surface area contributed by atoms with Gasteiger partial charge in [-0.15, -0.1) is 0 Å². The first-order valence-electron chi connectivity index (χ1n) is 4.79. The molecule has 1 atom stereocenters. The molecule has 1 rings (SSSR count). The Morgan fingerprint density at radius 3 is 2.81 bits per heavy atom. The van der Waals surface area contributed by atoms with Crippen LogP contribution in [0, 0.1) is 11.3 Å². The number of halogens is 1. The second kappa shape index (κ2) is 5.66. The molecule has 0 amide bonds. The number of carbonyl (C=O) groups is 1. The Labute approximate surface area is 103 Å². The molecule has 0 aliphatic rings. The van der Waals surface area contributed by atoms with E-state index < -0.39 is 0 Å². The summed E-state index contributed by atoms with van der Waals surface area (Å²) in [5.74, 6) is 0.650. The van der Waals surface area contributed by atoms with Gasteiger partial charge in [-0.25, -0.2) is 0 Å². The van der Waals surface area contributed by atoms with E-state index in [4.69, 9.17) is 10.00 Å². The molecule has 1 aromatic rings. The minimum absolute atomic E-state index is 0.00689. The van der Waals surface area contributed by atoms with Crippen LogP contribution in [0.25, 0.3) is 0 Å². The first-order chi connectivity index (χ1) is 7.61. The van der Waals surface area contributed by atoms with Crippen molar-refractivity contribution in [3.63, 3.8) is 0 Å². The first-order valence-corrected chi connectivity index (χ1v) is 5.70. The van der Waals surface area contributed by atoms with Crippen LogP contribution in [0.1, 0.15) is 22.9 Å². The fraction of sp³-hybridized carbons (Fsp3) is 0.333. The van der Waals surface area contributed by atoms with Gasteiger partial charge in [0.2, 0.25) is 0 Å². The molecule has 1 unspecified atom stereocenters. The molecule has 0 aliphatic heterocycles. The fourth-order valence-corrected chi connectivity index (χ4v) is 1.93. The number of alkyl halides is 1. The molecule has 4 heteroatoms. The van der Waals surface area contributed by atoms with Gasteiger partial charge in [0.1, 0.15) is 11.5 Å². The molecule has 1 aromatic carbocycles. The van der Waals surface area contributed by atoms with Gasteiger partial charge < -0.3 is 4.74 Å². The highest BCUT2D eigenvalue weighted by atomic mass is 79.9. The summed E-state index contributed by atoms with van der Waals surface area (Å²) < 4.78 is 5.19. The standard InChI is InChI=1S/C12H12BrNO2/c1-8(15)12(13)10-4-3-5-11(16-2)9(10)6-7-14/h3-5,12H,6H2,1-2H3. The minimum Gasteiger partial charge on any atom is -0.496 e. The molecule has 84 valence electrons. The highest BCUT2D eigenvalue weighted by Crippen LogP contribution is 2.32. The lowest BCUT2D eigenvalue weighted by Crippen LogP contribution is -2.06. The average Bonchev–Trinajstić information content (AvgIpc) is 2.28. The molecule has 0 aliphatic carbocycles. The summed E-state index contributed by atoms with van der Waals surface area (Å²) in [5.41, 5.74) is 1.57. The summed E-state index contributed by atoms with van der Waals surface area (Å²) in [7, 11) is 1.55. The molecule has 0 saturated heterocycles. The number of ether oxygens (including phenoxy) is 1. The number of methoxy groups -OCH3 is 1. The Hall–Kier alpha value is -1.34. The summed E-state index contributed by atoms with van der Waals surface area (Å²) in [5, 5.41) is 8.78. The zero-order valence-corrected chi connectivity index (χ0v) is 10.7. The summed E-state index contributed by atoms with van der Waals surface area (Å²) in [4.78, 5) is 10.9. The second-order valence-electron chi connectivity index (χ2n) is 3.34. The maximum absolute atomic E-state index is 11.3. The number of nitriles is 1. The zero-order chi connectivity index (χ0) is 12.1. The predicted molar refractivity (Wildman–Crippen MR) is 64.7 cm³/mol. The average molecular weight is 282 g/mol. The fourth-order valence-electron chi connectivity index (χ4n) is 1.50. The van der Waals surface area contributed by atoms with Gasteiger partial charge >= 0.3 is 0 Å². The van der Waals surface area contributed by atoms with Gasteiger partial charge in [-0.3, -0.25) is 4.79 Å². The molecule has 0 heterocycles. The third kappa shape index (κ3) is 2.61. The van der Waals surface area contributed by atoms with E-state index in [1.165, 1.54) is 6.92 Å². The second-order valence-corrected chi connectivity index (χ2v) is 4.25. The monoisotopic (exact) mass is 281 g/mol. The maximum Gasteiger partial charge on any atom is 0.147 e. The Balaban J connectivity index is 3.27. The van der Waals surface area contributed by atoms with Gasteiger partial charge in [0, 0.05) is 5.56 Å². The van der Waals surface area contributed by atoms with Gasteiger partial charge in [0.15, 0.2) is 0 Å². The van der Waals surface area contributed by atoms with Gasteiger partial charge in [-0.1, -0.05) is 28.1 Å². The number of hydrogen-bond donors (Lipinski definition) is 0. The quantitative estimate of drug-likeness (QED) is 0.798. The van der Waals surface area contributed by atoms with Gasteiger partial charge in [-0.05, 0) is 18.6 Å². The van der Waals surface area contributed by atoms with Crippen LogP contribution in [0.5, 0.6) is 5.75 Å². The first kappa shape index (κ1) is 12.7. The van der Waals surface area contributed by atoms with Crippen molar-refractivity contribution in [1.29, 1.82) is 5.26 Å². The topological polar surface area (TPSA) is 50.1 Å². The van der Waals surface area contributed by atoms with Crippen LogP contribution in [0.2, 0.25) is 0 Å². The molecule has 0 saturated carbocycles. The third-order valence-electron chi connectivity index (χ3n) is 2.27. The molecule has 0 radical (unpaired) electrons. The van der Waals surface area contributed by atoms with Gasteiger partial charge in [-0.2, -0.15) is 5.26 Å². The summed E-state index contributed by atoms with van der Waals surface area (Å²) >= 11 is 3.32. The van der Waals surface area contributed by atoms with Crippen molar-refractivity contribution in [2.45, 2.75) is 18.2 Å². The molecule has 0 aromatic heterocycles. The van der Waals surface area contributed by atoms with Crippen LogP contribution < -0.4 is 4.74 Å². The molecule has 0 fully saturated rings. The van der Waals surface area contributed by atoms with E-state index in [0.717, 1.165) is 11.1 Å². The van der Waals surface area contributed by atoms with E-state index in [2.05, 4.69) is 22.0 Å². The SMILES string of the molecule is COc1cccc(C(Br)C(C)=O)c1CC#N. The number of hydrogen-bond acceptors (Lipinski definition) is 3. The number of carbonyl (C=O) groups excluding carboxylic acids is 1. The lowest BCUT2D eigenvalue weighted by molar-refractivity contribution is -0.116. The summed E-state index contributed by atoms with van der Waals surface area (Å²) in [6.07, 6.45) is 0.231. The Morgan fingerprint density at radius 1 is 1.62 bits per heavy atom. The minimum atomic E-state index is -0.383. The highest BCUT2D eigenvalue weighted by Gasteiger charge is 2.18. The van der Waals surface area contributed by atoms with Crippen molar-refractivity contribution in [2.75, 3.05) is 7.11 Å². The Kier molecular flexibility index (Phi) is 4.51. The van der Waals surface area contributed by atoms with Crippen LogP contribution in [-0.2, 0) is 11.2 Å². The molecule has 0 bridgehead atoms. The molecule has 0 N–H and O–H groups in total. The smallest absolute Gasteiger partial charge is 0.147 e. The lowest BCUT2D eigenvalue weighted by Gasteiger charge is -2.14. The van der Waals surface area contributed by atoms with Crippen LogP contribution >= 0.6 is 15.9 Å². The van der Waals surface area contributed by atoms with E-state index >= 15 is 0 Å². The van der Waals surface area contributed by atoms with E-state index in [9.17, 15) is 4.79 Å². The van der Waals surface area contributed by atoms with Crippen LogP contribution in [0.15, 0.2) is 18.2 Å². The molecule has 16 heavy (non-hydrogen) atoms. The normalized spacial score (nSPS) is 11.6. The largest absolute Gasteiger partial charge is 0.496 e. The van der Waals surface area contributed by atoms with Crippen molar-refractivity contribution < 1.29 is 9.53 Å². The third-order valence-corrected chi connectivity index (χ3v) is 3.41. The van der Waals surface area contributed by atoms with E-state index in [-0.39, 0.29) is 17.0 Å². The van der Waals surface area contributed by atoms with E-state index in [1.54, 1.807) is 13.2 Å². The van der Waals surface area contributed by atoms with Crippen LogP contribution in [0.3, 0.4) is 0 Å². The number of rotatable bonds is 4. The van der Waals surface area contributed by atoms with Crippen molar-refractivity contribution in [3.8, 4) is 11.8 Å². The van der Waals surface area contributed by atoms with Crippen molar-refractivity contribution in [1.82, 2.24) is 0 Å². The molecule has 0 spiro atoms. The van der Waals surface area contributed by atoms with Crippen LogP contribution in [0.4, 0.5) is 0 Å². The van der Waals surface area contributed by atoms with E-state index in [1.807, 2.05) is 12.1 Å². The summed E-state index contributed by atoms with van der Waals surface area (Å²) in [6.45, 7) is 1.51. The van der Waals surface area contributed by atoms with Gasteiger partial charge in [0.05, 0.1) is 24.4 Å². The number of ketones is 1. The van der Waals surface area contributed by atoms with Crippen molar-refractivity contribution in [2.24, 2.45) is 0 Å². The van der Waals surface area contributed by atoms with Crippen molar-refractivity contribution >= 4 is 21.7 Å². The number of benzene rings is 1. The summed E-state index contributed by atoms with van der Waals surface area (Å²) in [6, 6.07) is 7.51. The Bertz CT molecular complexity index is 437. The lowest BCUT2D eigenvalue weighted by atomic mass is 9.99. The highest BCUT2D eigenvalue weighted by molar-refractivity contribution is 9.09. The van der Waals surface area contributed by atoms with Crippen molar-refractivity contribution in [3.05, 3.63) is 29.3 Å². The maximum atomic E-state index is 11.3. The number of Topliss-reactive ketones (excluding diaryl/α,β-unsaturated/α-hetero) is 1. The molecular formula is C12H12BrNO2. The zero-order valence-electron chi connectivity index (χ0n) is 9.16. The Morgan fingerprint density at radius 2 is 2.31 bits per heavy atom. The number of nitrogens with zero attached hydrogens (tertiary/aromatic N) is 1. The molecule has 3 nitrogen and oxygen atoms in total. The van der Waals surface area contributed by atoms with Crippen LogP contribution in [-0.4, -0.2) is 12.9 Å².